The first-order valence-corrected chi connectivity index (χ1v) is 12.4. The highest BCUT2D eigenvalue weighted by atomic mass is 16.2. The van der Waals surface area contributed by atoms with Crippen molar-refractivity contribution in [1.82, 2.24) is 10.2 Å². The van der Waals surface area contributed by atoms with E-state index in [2.05, 4.69) is 10.6 Å². The van der Waals surface area contributed by atoms with Crippen LogP contribution in [0.3, 0.4) is 0 Å². The molecule has 1 aliphatic heterocycles. The molecule has 8 nitrogen and oxygen atoms in total. The molecule has 1 spiro atoms. The Bertz CT molecular complexity index is 1360. The summed E-state index contributed by atoms with van der Waals surface area (Å²) < 4.78 is 0. The first-order valence-electron chi connectivity index (χ1n) is 12.4. The largest absolute Gasteiger partial charge is 0.325 e. The smallest absolute Gasteiger partial charge is 0.325 e. The van der Waals surface area contributed by atoms with Crippen LogP contribution in [-0.4, -0.2) is 41.7 Å². The zero-order valence-corrected chi connectivity index (χ0v) is 20.6. The lowest BCUT2D eigenvalue weighted by Gasteiger charge is -2.22. The normalized spacial score (nSPS) is 18.0. The fraction of sp³-hybridized carbons (Fsp3) is 0.241. The molecule has 1 saturated heterocycles. The molecule has 1 heterocycles. The van der Waals surface area contributed by atoms with E-state index in [9.17, 15) is 19.2 Å². The summed E-state index contributed by atoms with van der Waals surface area (Å²) in [5.74, 6) is -0.895. The molecule has 1 aliphatic carbocycles. The number of hydrogen-bond acceptors (Lipinski definition) is 4. The number of hydrogen-bond donors (Lipinski definition) is 2. The Morgan fingerprint density at radius 2 is 1.68 bits per heavy atom. The predicted octanol–water partition coefficient (Wildman–Crippen LogP) is 3.61. The van der Waals surface area contributed by atoms with Gasteiger partial charge in [0, 0.05) is 17.9 Å². The zero-order chi connectivity index (χ0) is 26.0. The zero-order valence-electron chi connectivity index (χ0n) is 20.6. The first kappa shape index (κ1) is 24.2. The minimum Gasteiger partial charge on any atom is -0.325 e. The van der Waals surface area contributed by atoms with Crippen molar-refractivity contribution >= 4 is 35.1 Å². The molecule has 2 N–H and O–H groups in total. The number of nitrogens with zero attached hydrogens (tertiary/aromatic N) is 2. The molecule has 0 aromatic heterocycles. The first-order chi connectivity index (χ1) is 17.9. The number of likely N-dealkylation sites (N-methyl/N-ethyl adjacent to an activating group) is 1. The maximum Gasteiger partial charge on any atom is 0.325 e. The Kier molecular flexibility index (Phi) is 6.48. The number of fused-ring (bicyclic) bond motifs is 2. The topological polar surface area (TPSA) is 98.8 Å². The monoisotopic (exact) mass is 496 g/mol. The molecular weight excluding hydrogens is 468 g/mol. The highest BCUT2D eigenvalue weighted by molar-refractivity contribution is 6.11. The summed E-state index contributed by atoms with van der Waals surface area (Å²) >= 11 is 0. The van der Waals surface area contributed by atoms with Gasteiger partial charge in [-0.3, -0.25) is 19.3 Å². The number of benzene rings is 3. The van der Waals surface area contributed by atoms with Crippen LogP contribution in [0.25, 0.3) is 0 Å². The molecule has 5 amide bonds. The molecule has 3 aromatic carbocycles. The third kappa shape index (κ3) is 4.58. The SMILES string of the molecule is CCN(C(=O)Cc1ccc(NC(=O)CN2C(=O)NC3(CCc4ccccc43)C2=O)cc1)c1ccccc1. The van der Waals surface area contributed by atoms with Gasteiger partial charge in [-0.2, -0.15) is 0 Å². The maximum atomic E-state index is 13.2. The van der Waals surface area contributed by atoms with Gasteiger partial charge >= 0.3 is 6.03 Å². The van der Waals surface area contributed by atoms with Crippen LogP contribution >= 0.6 is 0 Å². The fourth-order valence-corrected chi connectivity index (χ4v) is 5.16. The number of para-hydroxylation sites is 1. The molecule has 0 bridgehead atoms. The molecule has 188 valence electrons. The van der Waals surface area contributed by atoms with Crippen molar-refractivity contribution < 1.29 is 19.2 Å². The van der Waals surface area contributed by atoms with Gasteiger partial charge < -0.3 is 15.5 Å². The molecule has 37 heavy (non-hydrogen) atoms. The van der Waals surface area contributed by atoms with Crippen LogP contribution in [0.15, 0.2) is 78.9 Å². The van der Waals surface area contributed by atoms with Crippen molar-refractivity contribution in [1.29, 1.82) is 0 Å². The quantitative estimate of drug-likeness (QED) is 0.488. The number of anilines is 2. The second-order valence-corrected chi connectivity index (χ2v) is 9.28. The summed E-state index contributed by atoms with van der Waals surface area (Å²) in [5.41, 5.74) is 2.93. The Hall–Kier alpha value is -4.46. The second-order valence-electron chi connectivity index (χ2n) is 9.28. The Labute approximate surface area is 215 Å². The Morgan fingerprint density at radius 1 is 0.973 bits per heavy atom. The third-order valence-electron chi connectivity index (χ3n) is 7.00. The second kappa shape index (κ2) is 9.89. The molecule has 0 saturated carbocycles. The van der Waals surface area contributed by atoms with Gasteiger partial charge in [0.2, 0.25) is 11.8 Å². The van der Waals surface area contributed by atoms with Crippen molar-refractivity contribution in [2.45, 2.75) is 31.7 Å². The molecule has 5 rings (SSSR count). The van der Waals surface area contributed by atoms with Crippen molar-refractivity contribution in [3.63, 3.8) is 0 Å². The van der Waals surface area contributed by atoms with E-state index >= 15 is 0 Å². The summed E-state index contributed by atoms with van der Waals surface area (Å²) in [7, 11) is 0. The Morgan fingerprint density at radius 3 is 2.41 bits per heavy atom. The minimum atomic E-state index is -1.09. The molecule has 1 atom stereocenters. The molecule has 2 aliphatic rings. The lowest BCUT2D eigenvalue weighted by Crippen LogP contribution is -2.43. The average molecular weight is 497 g/mol. The number of amides is 5. The lowest BCUT2D eigenvalue weighted by atomic mass is 9.92. The number of carbonyl (C=O) groups is 4. The summed E-state index contributed by atoms with van der Waals surface area (Å²) in [6, 6.07) is 23.5. The van der Waals surface area contributed by atoms with Crippen molar-refractivity contribution in [3.8, 4) is 0 Å². The number of nitrogens with one attached hydrogen (secondary N) is 2. The molecule has 3 aromatic rings. The fourth-order valence-electron chi connectivity index (χ4n) is 5.16. The van der Waals surface area contributed by atoms with E-state index in [-0.39, 0.29) is 18.9 Å². The van der Waals surface area contributed by atoms with Crippen molar-refractivity contribution in [2.75, 3.05) is 23.3 Å². The molecular formula is C29H28N4O4. The predicted molar refractivity (Wildman–Crippen MR) is 140 cm³/mol. The van der Waals surface area contributed by atoms with Gasteiger partial charge in [0.1, 0.15) is 12.1 Å². The summed E-state index contributed by atoms with van der Waals surface area (Å²) in [4.78, 5) is 54.1. The van der Waals surface area contributed by atoms with E-state index < -0.39 is 23.4 Å². The van der Waals surface area contributed by atoms with Crippen molar-refractivity contribution in [2.24, 2.45) is 0 Å². The van der Waals surface area contributed by atoms with Crippen LogP contribution in [0.5, 0.6) is 0 Å². The van der Waals surface area contributed by atoms with Gasteiger partial charge in [0.05, 0.1) is 6.42 Å². The Balaban J connectivity index is 1.20. The molecule has 1 fully saturated rings. The number of imide groups is 1. The van der Waals surface area contributed by atoms with Gasteiger partial charge in [-0.05, 0) is 60.7 Å². The molecule has 8 heteroatoms. The van der Waals surface area contributed by atoms with E-state index in [1.165, 1.54) is 0 Å². The van der Waals surface area contributed by atoms with Gasteiger partial charge in [-0.25, -0.2) is 4.79 Å². The van der Waals surface area contributed by atoms with E-state index in [1.807, 2.05) is 61.5 Å². The van der Waals surface area contributed by atoms with E-state index in [1.54, 1.807) is 29.2 Å². The highest BCUT2D eigenvalue weighted by Gasteiger charge is 2.55. The van der Waals surface area contributed by atoms with Crippen LogP contribution in [0.4, 0.5) is 16.2 Å². The number of aryl methyl sites for hydroxylation is 1. The van der Waals surface area contributed by atoms with E-state index in [0.717, 1.165) is 27.3 Å². The van der Waals surface area contributed by atoms with Crippen LogP contribution in [0.1, 0.15) is 30.0 Å². The van der Waals surface area contributed by atoms with E-state index in [4.69, 9.17) is 0 Å². The molecule has 1 unspecified atom stereocenters. The number of rotatable bonds is 7. The summed E-state index contributed by atoms with van der Waals surface area (Å²) in [6.45, 7) is 2.12. The van der Waals surface area contributed by atoms with Gasteiger partial charge in [-0.15, -0.1) is 0 Å². The van der Waals surface area contributed by atoms with Crippen LogP contribution in [0, 0.1) is 0 Å². The highest BCUT2D eigenvalue weighted by Crippen LogP contribution is 2.41. The van der Waals surface area contributed by atoms with Gasteiger partial charge in [-0.1, -0.05) is 54.6 Å². The maximum absolute atomic E-state index is 13.2. The van der Waals surface area contributed by atoms with Crippen LogP contribution in [-0.2, 0) is 32.8 Å². The standard InChI is InChI=1S/C29H28N4O4/c1-2-32(23-9-4-3-5-10-23)26(35)18-20-12-14-22(15-13-20)30-25(34)19-33-27(36)29(31-28(33)37)17-16-21-8-6-7-11-24(21)29/h3-15H,2,16-19H2,1H3,(H,30,34)(H,31,37). The van der Waals surface area contributed by atoms with E-state index in [0.29, 0.717) is 25.1 Å². The minimum absolute atomic E-state index is 0.0218. The number of carbonyl (C=O) groups excluding carboxylic acids is 4. The van der Waals surface area contributed by atoms with Crippen LogP contribution < -0.4 is 15.5 Å². The van der Waals surface area contributed by atoms with Gasteiger partial charge in [0.25, 0.3) is 5.91 Å². The van der Waals surface area contributed by atoms with Crippen molar-refractivity contribution in [3.05, 3.63) is 95.6 Å². The lowest BCUT2D eigenvalue weighted by molar-refractivity contribution is -0.134. The van der Waals surface area contributed by atoms with Crippen LogP contribution in [0.2, 0.25) is 0 Å². The third-order valence-corrected chi connectivity index (χ3v) is 7.00. The number of urea groups is 1. The summed E-state index contributed by atoms with van der Waals surface area (Å²) in [5, 5.41) is 5.57. The molecule has 0 radical (unpaired) electrons. The summed E-state index contributed by atoms with van der Waals surface area (Å²) in [6.07, 6.45) is 1.40. The van der Waals surface area contributed by atoms with Gasteiger partial charge in [0.15, 0.2) is 0 Å². The average Bonchev–Trinajstić information content (AvgIpc) is 3.39.